The minimum absolute atomic E-state index is 0.0131. The summed E-state index contributed by atoms with van der Waals surface area (Å²) < 4.78 is 11.2. The number of methoxy groups -OCH3 is 2. The minimum atomic E-state index is -0.0573. The van der Waals surface area contributed by atoms with Gasteiger partial charge in [-0.2, -0.15) is 0 Å². The van der Waals surface area contributed by atoms with E-state index in [9.17, 15) is 4.79 Å². The molecule has 6 heteroatoms. The fourth-order valence-electron chi connectivity index (χ4n) is 4.43. The van der Waals surface area contributed by atoms with Gasteiger partial charge in [0.2, 0.25) is 5.91 Å². The van der Waals surface area contributed by atoms with Gasteiger partial charge < -0.3 is 19.7 Å². The SMILES string of the molecule is COc1cc2c(cc1OC)[C@H]1CN(C)CC[C@H]1N=C2c1ccc(NC(=O)C(C)C)cc1. The van der Waals surface area contributed by atoms with Crippen LogP contribution in [0.3, 0.4) is 0 Å². The standard InChI is InChI=1S/C25H31N3O3/c1-15(2)25(29)26-17-8-6-16(7-9-17)24-19-13-23(31-5)22(30-4)12-18(19)20-14-28(3)11-10-21(20)27-24/h6-9,12-13,15,20-21H,10-11,14H2,1-5H3,(H,26,29)/t20-,21-/m1/s1. The summed E-state index contributed by atoms with van der Waals surface area (Å²) in [4.78, 5) is 19.6. The molecule has 0 bridgehead atoms. The van der Waals surface area contributed by atoms with E-state index in [0.29, 0.717) is 11.7 Å². The maximum absolute atomic E-state index is 12.0. The second kappa shape index (κ2) is 8.71. The first-order chi connectivity index (χ1) is 14.9. The molecule has 2 aromatic rings. The van der Waals surface area contributed by atoms with Crippen molar-refractivity contribution >= 4 is 17.3 Å². The highest BCUT2D eigenvalue weighted by Crippen LogP contribution is 2.42. The predicted molar refractivity (Wildman–Crippen MR) is 124 cm³/mol. The van der Waals surface area contributed by atoms with Crippen molar-refractivity contribution in [3.05, 3.63) is 53.1 Å². The first-order valence-corrected chi connectivity index (χ1v) is 10.8. The molecule has 0 unspecified atom stereocenters. The highest BCUT2D eigenvalue weighted by atomic mass is 16.5. The van der Waals surface area contributed by atoms with Crippen molar-refractivity contribution in [1.82, 2.24) is 4.90 Å². The molecule has 1 fully saturated rings. The van der Waals surface area contributed by atoms with Gasteiger partial charge in [-0.05, 0) is 49.8 Å². The van der Waals surface area contributed by atoms with Gasteiger partial charge in [-0.1, -0.05) is 26.0 Å². The van der Waals surface area contributed by atoms with Crippen LogP contribution >= 0.6 is 0 Å². The number of ether oxygens (including phenoxy) is 2. The molecule has 2 aliphatic heterocycles. The van der Waals surface area contributed by atoms with E-state index in [-0.39, 0.29) is 17.9 Å². The Balaban J connectivity index is 1.75. The fourth-order valence-corrected chi connectivity index (χ4v) is 4.43. The third-order valence-electron chi connectivity index (χ3n) is 6.23. The van der Waals surface area contributed by atoms with Crippen molar-refractivity contribution < 1.29 is 14.3 Å². The van der Waals surface area contributed by atoms with Crippen LogP contribution in [0.4, 0.5) is 5.69 Å². The average molecular weight is 422 g/mol. The molecule has 2 heterocycles. The largest absolute Gasteiger partial charge is 0.493 e. The number of nitrogens with one attached hydrogen (secondary N) is 1. The van der Waals surface area contributed by atoms with Crippen molar-refractivity contribution in [2.24, 2.45) is 10.9 Å². The van der Waals surface area contributed by atoms with E-state index in [1.54, 1.807) is 14.2 Å². The Hall–Kier alpha value is -2.86. The first kappa shape index (κ1) is 21.4. The van der Waals surface area contributed by atoms with E-state index in [2.05, 4.69) is 23.3 Å². The van der Waals surface area contributed by atoms with Crippen molar-refractivity contribution in [2.75, 3.05) is 39.7 Å². The summed E-state index contributed by atoms with van der Waals surface area (Å²) in [6.07, 6.45) is 1.03. The van der Waals surface area contributed by atoms with E-state index in [4.69, 9.17) is 14.5 Å². The summed E-state index contributed by atoms with van der Waals surface area (Å²) >= 11 is 0. The number of nitrogens with zero attached hydrogens (tertiary/aromatic N) is 2. The summed E-state index contributed by atoms with van der Waals surface area (Å²) in [5, 5.41) is 2.95. The number of benzene rings is 2. The van der Waals surface area contributed by atoms with Gasteiger partial charge in [-0.15, -0.1) is 0 Å². The third-order valence-corrected chi connectivity index (χ3v) is 6.23. The Bertz CT molecular complexity index is 998. The summed E-state index contributed by atoms with van der Waals surface area (Å²) in [7, 11) is 5.50. The molecule has 2 atom stereocenters. The number of rotatable bonds is 5. The van der Waals surface area contributed by atoms with E-state index in [0.717, 1.165) is 47.8 Å². The molecule has 0 spiro atoms. The monoisotopic (exact) mass is 421 g/mol. The molecule has 0 saturated carbocycles. The number of amides is 1. The van der Waals surface area contributed by atoms with Crippen LogP contribution in [0.1, 0.15) is 42.9 Å². The number of aliphatic imine (C=N–C) groups is 1. The van der Waals surface area contributed by atoms with Crippen molar-refractivity contribution in [2.45, 2.75) is 32.2 Å². The number of fused-ring (bicyclic) bond motifs is 3. The number of carbonyl (C=O) groups is 1. The molecular formula is C25H31N3O3. The van der Waals surface area contributed by atoms with Crippen LogP contribution in [0.25, 0.3) is 0 Å². The number of anilines is 1. The van der Waals surface area contributed by atoms with Gasteiger partial charge in [0.1, 0.15) is 0 Å². The Labute approximate surface area is 184 Å². The lowest BCUT2D eigenvalue weighted by molar-refractivity contribution is -0.118. The van der Waals surface area contributed by atoms with Crippen molar-refractivity contribution in [1.29, 1.82) is 0 Å². The number of piperidine rings is 1. The zero-order valence-electron chi connectivity index (χ0n) is 18.9. The molecule has 1 amide bonds. The molecule has 0 radical (unpaired) electrons. The van der Waals surface area contributed by atoms with Gasteiger partial charge in [-0.3, -0.25) is 9.79 Å². The van der Waals surface area contributed by atoms with E-state index in [1.807, 2.05) is 44.2 Å². The summed E-state index contributed by atoms with van der Waals surface area (Å²) in [5.41, 5.74) is 5.16. The Morgan fingerprint density at radius 3 is 2.45 bits per heavy atom. The summed E-state index contributed by atoms with van der Waals surface area (Å²) in [5.74, 6) is 1.75. The lowest BCUT2D eigenvalue weighted by Crippen LogP contribution is -2.41. The van der Waals surface area contributed by atoms with Gasteiger partial charge in [0.05, 0.1) is 26.0 Å². The van der Waals surface area contributed by atoms with Gasteiger partial charge >= 0.3 is 0 Å². The highest BCUT2D eigenvalue weighted by molar-refractivity contribution is 6.15. The first-order valence-electron chi connectivity index (χ1n) is 10.8. The number of likely N-dealkylation sites (tertiary alicyclic amines) is 1. The van der Waals surface area contributed by atoms with Crippen LogP contribution in [-0.4, -0.2) is 56.9 Å². The second-order valence-corrected chi connectivity index (χ2v) is 8.72. The van der Waals surface area contributed by atoms with Gasteiger partial charge in [0, 0.05) is 35.2 Å². The van der Waals surface area contributed by atoms with Crippen LogP contribution < -0.4 is 14.8 Å². The number of hydrogen-bond donors (Lipinski definition) is 1. The van der Waals surface area contributed by atoms with Gasteiger partial charge in [-0.25, -0.2) is 0 Å². The quantitative estimate of drug-likeness (QED) is 0.794. The van der Waals surface area contributed by atoms with E-state index in [1.165, 1.54) is 5.56 Å². The van der Waals surface area contributed by atoms with E-state index < -0.39 is 0 Å². The fraction of sp³-hybridized carbons (Fsp3) is 0.440. The molecular weight excluding hydrogens is 390 g/mol. The highest BCUT2D eigenvalue weighted by Gasteiger charge is 2.36. The molecule has 0 aromatic heterocycles. The smallest absolute Gasteiger partial charge is 0.226 e. The second-order valence-electron chi connectivity index (χ2n) is 8.72. The van der Waals surface area contributed by atoms with Gasteiger partial charge in [0.25, 0.3) is 0 Å². The Kier molecular flexibility index (Phi) is 6.01. The average Bonchev–Trinajstić information content (AvgIpc) is 2.78. The van der Waals surface area contributed by atoms with Crippen LogP contribution in [-0.2, 0) is 4.79 Å². The maximum Gasteiger partial charge on any atom is 0.226 e. The lowest BCUT2D eigenvalue weighted by atomic mass is 9.79. The van der Waals surface area contributed by atoms with Crippen LogP contribution in [0.2, 0.25) is 0 Å². The summed E-state index contributed by atoms with van der Waals surface area (Å²) in [6.45, 7) is 5.79. The minimum Gasteiger partial charge on any atom is -0.493 e. The summed E-state index contributed by atoms with van der Waals surface area (Å²) in [6, 6.07) is 12.4. The van der Waals surface area contributed by atoms with Crippen molar-refractivity contribution in [3.63, 3.8) is 0 Å². The molecule has 1 saturated heterocycles. The van der Waals surface area contributed by atoms with Crippen LogP contribution in [0, 0.1) is 5.92 Å². The molecule has 2 aliphatic rings. The molecule has 1 N–H and O–H groups in total. The van der Waals surface area contributed by atoms with Crippen LogP contribution in [0.15, 0.2) is 41.4 Å². The van der Waals surface area contributed by atoms with Gasteiger partial charge in [0.15, 0.2) is 11.5 Å². The topological polar surface area (TPSA) is 63.2 Å². The number of likely N-dealkylation sites (N-methyl/N-ethyl adjacent to an activating group) is 1. The molecule has 164 valence electrons. The van der Waals surface area contributed by atoms with Crippen LogP contribution in [0.5, 0.6) is 11.5 Å². The molecule has 6 nitrogen and oxygen atoms in total. The number of hydrogen-bond acceptors (Lipinski definition) is 5. The zero-order chi connectivity index (χ0) is 22.1. The molecule has 31 heavy (non-hydrogen) atoms. The Morgan fingerprint density at radius 2 is 1.81 bits per heavy atom. The number of carbonyl (C=O) groups excluding carboxylic acids is 1. The van der Waals surface area contributed by atoms with Crippen molar-refractivity contribution in [3.8, 4) is 11.5 Å². The molecule has 0 aliphatic carbocycles. The third kappa shape index (κ3) is 4.17. The zero-order valence-corrected chi connectivity index (χ0v) is 18.9. The lowest BCUT2D eigenvalue weighted by Gasteiger charge is -2.39. The van der Waals surface area contributed by atoms with E-state index >= 15 is 0 Å². The normalized spacial score (nSPS) is 20.5. The maximum atomic E-state index is 12.0. The predicted octanol–water partition coefficient (Wildman–Crippen LogP) is 3.94. The molecule has 2 aromatic carbocycles. The molecule has 4 rings (SSSR count). The Morgan fingerprint density at radius 1 is 1.13 bits per heavy atom.